The predicted octanol–water partition coefficient (Wildman–Crippen LogP) is 3.55. The molecule has 1 heterocycles. The van der Waals surface area contributed by atoms with Crippen molar-refractivity contribution < 1.29 is 0 Å². The Bertz CT molecular complexity index is 325. The van der Waals surface area contributed by atoms with E-state index in [0.717, 1.165) is 0 Å². The molecule has 0 fully saturated rings. The zero-order chi connectivity index (χ0) is 9.80. The van der Waals surface area contributed by atoms with E-state index in [4.69, 9.17) is 5.73 Å². The van der Waals surface area contributed by atoms with E-state index in [1.807, 2.05) is 11.3 Å². The van der Waals surface area contributed by atoms with Crippen LogP contribution in [0.5, 0.6) is 0 Å². The minimum absolute atomic E-state index is 0.679. The van der Waals surface area contributed by atoms with Gasteiger partial charge in [-0.1, -0.05) is 12.5 Å². The van der Waals surface area contributed by atoms with E-state index >= 15 is 0 Å². The standard InChI is InChI=1S/C12H17NS/c13-9-11-7-8-12(14-11)10-5-3-1-2-4-6-10/h5,7-8H,1-4,6,9,13H2. The first kappa shape index (κ1) is 9.94. The number of thiophene rings is 1. The van der Waals surface area contributed by atoms with Gasteiger partial charge in [-0.05, 0) is 43.4 Å². The van der Waals surface area contributed by atoms with Crippen LogP contribution in [0.2, 0.25) is 0 Å². The van der Waals surface area contributed by atoms with Crippen molar-refractivity contribution in [3.05, 3.63) is 28.0 Å². The monoisotopic (exact) mass is 207 g/mol. The van der Waals surface area contributed by atoms with Gasteiger partial charge in [-0.15, -0.1) is 11.3 Å². The van der Waals surface area contributed by atoms with E-state index in [0.29, 0.717) is 6.54 Å². The molecule has 2 N–H and O–H groups in total. The molecule has 0 atom stereocenters. The van der Waals surface area contributed by atoms with Gasteiger partial charge < -0.3 is 5.73 Å². The van der Waals surface area contributed by atoms with Gasteiger partial charge in [0, 0.05) is 16.3 Å². The molecule has 0 saturated carbocycles. The topological polar surface area (TPSA) is 26.0 Å². The van der Waals surface area contributed by atoms with Crippen LogP contribution < -0.4 is 5.73 Å². The number of nitrogens with two attached hydrogens (primary N) is 1. The Hall–Kier alpha value is -0.600. The van der Waals surface area contributed by atoms with Crippen LogP contribution >= 0.6 is 11.3 Å². The summed E-state index contributed by atoms with van der Waals surface area (Å²) in [6.07, 6.45) is 9.02. The molecule has 14 heavy (non-hydrogen) atoms. The quantitative estimate of drug-likeness (QED) is 0.788. The van der Waals surface area contributed by atoms with Crippen LogP contribution in [0.3, 0.4) is 0 Å². The first-order valence-electron chi connectivity index (χ1n) is 5.38. The average molecular weight is 207 g/mol. The molecule has 1 aliphatic rings. The summed E-state index contributed by atoms with van der Waals surface area (Å²) in [6.45, 7) is 0.679. The van der Waals surface area contributed by atoms with Crippen molar-refractivity contribution in [2.24, 2.45) is 5.73 Å². The Kier molecular flexibility index (Phi) is 3.38. The SMILES string of the molecule is NCc1ccc(C2=CCCCCC2)s1. The van der Waals surface area contributed by atoms with Gasteiger partial charge in [0.25, 0.3) is 0 Å². The smallest absolute Gasteiger partial charge is 0.0302 e. The molecular formula is C12H17NS. The lowest BCUT2D eigenvalue weighted by atomic mass is 10.1. The third-order valence-electron chi connectivity index (χ3n) is 2.72. The summed E-state index contributed by atoms with van der Waals surface area (Å²) in [5, 5.41) is 0. The molecule has 0 unspecified atom stereocenters. The molecule has 0 aromatic carbocycles. The maximum Gasteiger partial charge on any atom is 0.0302 e. The van der Waals surface area contributed by atoms with Crippen molar-refractivity contribution in [3.63, 3.8) is 0 Å². The third-order valence-corrected chi connectivity index (χ3v) is 3.90. The van der Waals surface area contributed by atoms with Crippen LogP contribution in [0.15, 0.2) is 18.2 Å². The van der Waals surface area contributed by atoms with Crippen molar-refractivity contribution in [3.8, 4) is 0 Å². The molecule has 1 aromatic rings. The van der Waals surface area contributed by atoms with E-state index in [2.05, 4.69) is 18.2 Å². The van der Waals surface area contributed by atoms with Gasteiger partial charge in [-0.25, -0.2) is 0 Å². The highest BCUT2D eigenvalue weighted by Gasteiger charge is 2.07. The normalized spacial score (nSPS) is 17.6. The van der Waals surface area contributed by atoms with Gasteiger partial charge in [0.05, 0.1) is 0 Å². The molecule has 2 heteroatoms. The highest BCUT2D eigenvalue weighted by atomic mass is 32.1. The molecular weight excluding hydrogens is 190 g/mol. The fraction of sp³-hybridized carbons (Fsp3) is 0.500. The summed E-state index contributed by atoms with van der Waals surface area (Å²) in [7, 11) is 0. The van der Waals surface area contributed by atoms with Crippen LogP contribution in [0.1, 0.15) is 41.9 Å². The van der Waals surface area contributed by atoms with E-state index in [9.17, 15) is 0 Å². The number of hydrogen-bond acceptors (Lipinski definition) is 2. The van der Waals surface area contributed by atoms with Crippen molar-refractivity contribution in [1.29, 1.82) is 0 Å². The minimum atomic E-state index is 0.679. The molecule has 0 bridgehead atoms. The minimum Gasteiger partial charge on any atom is -0.326 e. The Morgan fingerprint density at radius 1 is 1.21 bits per heavy atom. The zero-order valence-electron chi connectivity index (χ0n) is 8.46. The van der Waals surface area contributed by atoms with Crippen molar-refractivity contribution in [1.82, 2.24) is 0 Å². The lowest BCUT2D eigenvalue weighted by molar-refractivity contribution is 0.720. The van der Waals surface area contributed by atoms with Gasteiger partial charge in [0.1, 0.15) is 0 Å². The Balaban J connectivity index is 2.16. The van der Waals surface area contributed by atoms with E-state index in [1.165, 1.54) is 41.9 Å². The Morgan fingerprint density at radius 3 is 2.93 bits per heavy atom. The average Bonchev–Trinajstić information content (AvgIpc) is 2.53. The van der Waals surface area contributed by atoms with E-state index in [-0.39, 0.29) is 0 Å². The molecule has 76 valence electrons. The molecule has 1 aliphatic carbocycles. The fourth-order valence-corrected chi connectivity index (χ4v) is 2.85. The molecule has 1 aromatic heterocycles. The van der Waals surface area contributed by atoms with E-state index < -0.39 is 0 Å². The summed E-state index contributed by atoms with van der Waals surface area (Å²) in [5.74, 6) is 0. The summed E-state index contributed by atoms with van der Waals surface area (Å²) in [5.41, 5.74) is 7.16. The van der Waals surface area contributed by atoms with Gasteiger partial charge >= 0.3 is 0 Å². The third kappa shape index (κ3) is 2.25. The first-order valence-corrected chi connectivity index (χ1v) is 6.20. The second-order valence-electron chi connectivity index (χ2n) is 3.80. The highest BCUT2D eigenvalue weighted by molar-refractivity contribution is 7.13. The largest absolute Gasteiger partial charge is 0.326 e. The van der Waals surface area contributed by atoms with Crippen LogP contribution in [-0.2, 0) is 6.54 Å². The van der Waals surface area contributed by atoms with Gasteiger partial charge in [-0.2, -0.15) is 0 Å². The number of hydrogen-bond donors (Lipinski definition) is 1. The van der Waals surface area contributed by atoms with Gasteiger partial charge in [-0.3, -0.25) is 0 Å². The number of rotatable bonds is 2. The van der Waals surface area contributed by atoms with Crippen molar-refractivity contribution in [2.75, 3.05) is 0 Å². The lowest BCUT2D eigenvalue weighted by Gasteiger charge is -2.00. The summed E-state index contributed by atoms with van der Waals surface area (Å²) >= 11 is 1.86. The Labute approximate surface area is 89.6 Å². The van der Waals surface area contributed by atoms with Crippen molar-refractivity contribution >= 4 is 16.9 Å². The second-order valence-corrected chi connectivity index (χ2v) is 4.97. The molecule has 1 nitrogen and oxygen atoms in total. The first-order chi connectivity index (χ1) is 6.90. The molecule has 0 spiro atoms. The van der Waals surface area contributed by atoms with Crippen LogP contribution in [0, 0.1) is 0 Å². The fourth-order valence-electron chi connectivity index (χ4n) is 1.90. The molecule has 0 amide bonds. The molecule has 0 radical (unpaired) electrons. The van der Waals surface area contributed by atoms with Crippen LogP contribution in [0.4, 0.5) is 0 Å². The van der Waals surface area contributed by atoms with Crippen molar-refractivity contribution in [2.45, 2.75) is 38.6 Å². The number of allylic oxidation sites excluding steroid dienone is 2. The summed E-state index contributed by atoms with van der Waals surface area (Å²) in [4.78, 5) is 2.73. The highest BCUT2D eigenvalue weighted by Crippen LogP contribution is 2.30. The van der Waals surface area contributed by atoms with Gasteiger partial charge in [0.2, 0.25) is 0 Å². The van der Waals surface area contributed by atoms with Gasteiger partial charge in [0.15, 0.2) is 0 Å². The second kappa shape index (κ2) is 4.76. The molecule has 2 rings (SSSR count). The maximum absolute atomic E-state index is 5.61. The van der Waals surface area contributed by atoms with E-state index in [1.54, 1.807) is 5.57 Å². The summed E-state index contributed by atoms with van der Waals surface area (Å²) in [6, 6.07) is 4.38. The van der Waals surface area contributed by atoms with Crippen LogP contribution in [-0.4, -0.2) is 0 Å². The predicted molar refractivity (Wildman–Crippen MR) is 63.3 cm³/mol. The Morgan fingerprint density at radius 2 is 2.14 bits per heavy atom. The molecule has 0 aliphatic heterocycles. The maximum atomic E-state index is 5.61. The molecule has 0 saturated heterocycles. The van der Waals surface area contributed by atoms with Crippen LogP contribution in [0.25, 0.3) is 5.57 Å². The summed E-state index contributed by atoms with van der Waals surface area (Å²) < 4.78 is 0. The lowest BCUT2D eigenvalue weighted by Crippen LogP contribution is -1.91. The zero-order valence-corrected chi connectivity index (χ0v) is 9.28.